The number of fused-ring (bicyclic) bond motifs is 1. The minimum Gasteiger partial charge on any atom is -0.345 e. The van der Waals surface area contributed by atoms with E-state index in [2.05, 4.69) is 9.88 Å². The van der Waals surface area contributed by atoms with E-state index in [4.69, 9.17) is 23.2 Å². The first-order valence-electron chi connectivity index (χ1n) is 7.50. The van der Waals surface area contributed by atoms with Gasteiger partial charge in [0.15, 0.2) is 5.13 Å². The van der Waals surface area contributed by atoms with Gasteiger partial charge in [-0.15, -0.1) is 11.3 Å². The first-order chi connectivity index (χ1) is 11.9. The van der Waals surface area contributed by atoms with Crippen molar-refractivity contribution < 1.29 is 8.42 Å². The van der Waals surface area contributed by atoms with Crippen LogP contribution in [0.15, 0.2) is 34.5 Å². The van der Waals surface area contributed by atoms with Crippen LogP contribution in [-0.2, 0) is 10.0 Å². The number of hydrogen-bond donors (Lipinski definition) is 0. The van der Waals surface area contributed by atoms with Gasteiger partial charge < -0.3 is 4.90 Å². The van der Waals surface area contributed by atoms with Crippen molar-refractivity contribution in [2.24, 2.45) is 0 Å². The third kappa shape index (κ3) is 3.27. The first-order valence-corrected chi connectivity index (χ1v) is 11.3. The molecule has 3 heterocycles. The summed E-state index contributed by atoms with van der Waals surface area (Å²) < 4.78 is 28.6. The molecule has 0 unspecified atom stereocenters. The fourth-order valence-corrected chi connectivity index (χ4v) is 7.10. The average Bonchev–Trinajstić information content (AvgIpc) is 3.22. The highest BCUT2D eigenvalue weighted by atomic mass is 35.5. The van der Waals surface area contributed by atoms with E-state index in [9.17, 15) is 8.42 Å². The molecule has 0 bridgehead atoms. The number of thiazole rings is 1. The number of para-hydroxylation sites is 1. The van der Waals surface area contributed by atoms with Crippen molar-refractivity contribution in [3.05, 3.63) is 39.7 Å². The van der Waals surface area contributed by atoms with Gasteiger partial charge in [-0.3, -0.25) is 0 Å². The van der Waals surface area contributed by atoms with Crippen molar-refractivity contribution in [2.75, 3.05) is 31.1 Å². The van der Waals surface area contributed by atoms with Crippen molar-refractivity contribution in [2.45, 2.75) is 4.21 Å². The number of piperazine rings is 1. The van der Waals surface area contributed by atoms with Crippen LogP contribution < -0.4 is 4.90 Å². The standard InChI is InChI=1S/C15H13Cl2N3O2S3/c16-10-2-1-3-11-14(10)18-15(23-11)19-6-8-20(9-7-19)25(21,22)13-5-4-12(17)24-13/h1-5H,6-9H2. The second kappa shape index (κ2) is 6.68. The van der Waals surface area contributed by atoms with Gasteiger partial charge in [0.25, 0.3) is 10.0 Å². The number of anilines is 1. The maximum atomic E-state index is 12.7. The highest BCUT2D eigenvalue weighted by Gasteiger charge is 2.30. The summed E-state index contributed by atoms with van der Waals surface area (Å²) in [6.07, 6.45) is 0. The lowest BCUT2D eigenvalue weighted by Gasteiger charge is -2.33. The molecule has 1 fully saturated rings. The molecule has 3 aromatic rings. The van der Waals surface area contributed by atoms with E-state index < -0.39 is 10.0 Å². The number of nitrogens with zero attached hydrogens (tertiary/aromatic N) is 3. The quantitative estimate of drug-likeness (QED) is 0.621. The number of thiophene rings is 1. The number of aromatic nitrogens is 1. The van der Waals surface area contributed by atoms with Crippen LogP contribution in [0.1, 0.15) is 0 Å². The molecule has 1 aromatic carbocycles. The van der Waals surface area contributed by atoms with Crippen LogP contribution >= 0.6 is 45.9 Å². The Morgan fingerprint density at radius 1 is 1.00 bits per heavy atom. The van der Waals surface area contributed by atoms with E-state index in [0.717, 1.165) is 26.7 Å². The second-order valence-electron chi connectivity index (χ2n) is 5.53. The van der Waals surface area contributed by atoms with Gasteiger partial charge in [0.05, 0.1) is 14.1 Å². The minimum absolute atomic E-state index is 0.290. The molecule has 0 aliphatic carbocycles. The number of benzene rings is 1. The number of rotatable bonds is 3. The molecular formula is C15H13Cl2N3O2S3. The molecule has 0 amide bonds. The molecule has 0 atom stereocenters. The monoisotopic (exact) mass is 433 g/mol. The molecule has 1 aliphatic rings. The molecule has 132 valence electrons. The largest absolute Gasteiger partial charge is 0.345 e. The maximum Gasteiger partial charge on any atom is 0.252 e. The lowest BCUT2D eigenvalue weighted by atomic mass is 10.3. The molecule has 0 spiro atoms. The molecule has 2 aromatic heterocycles. The number of halogens is 2. The SMILES string of the molecule is O=S(=O)(c1ccc(Cl)s1)N1CCN(c2nc3c(Cl)cccc3s2)CC1. The molecule has 0 N–H and O–H groups in total. The van der Waals surface area contributed by atoms with Crippen LogP contribution in [0.2, 0.25) is 9.36 Å². The van der Waals surface area contributed by atoms with Gasteiger partial charge in [0, 0.05) is 26.2 Å². The molecule has 10 heteroatoms. The molecular weight excluding hydrogens is 421 g/mol. The third-order valence-corrected chi connectivity index (χ3v) is 8.99. The van der Waals surface area contributed by atoms with Crippen molar-refractivity contribution in [1.82, 2.24) is 9.29 Å². The Hall–Kier alpha value is -0.900. The molecule has 25 heavy (non-hydrogen) atoms. The highest BCUT2D eigenvalue weighted by molar-refractivity contribution is 7.91. The van der Waals surface area contributed by atoms with E-state index >= 15 is 0 Å². The van der Waals surface area contributed by atoms with Gasteiger partial charge in [-0.25, -0.2) is 13.4 Å². The molecule has 4 rings (SSSR count). The molecule has 0 radical (unpaired) electrons. The molecule has 5 nitrogen and oxygen atoms in total. The van der Waals surface area contributed by atoms with Crippen LogP contribution in [0.4, 0.5) is 5.13 Å². The van der Waals surface area contributed by atoms with E-state index in [-0.39, 0.29) is 4.21 Å². The van der Waals surface area contributed by atoms with Crippen molar-refractivity contribution in [3.8, 4) is 0 Å². The van der Waals surface area contributed by atoms with E-state index in [0.29, 0.717) is 35.5 Å². The molecule has 1 saturated heterocycles. The summed E-state index contributed by atoms with van der Waals surface area (Å²) in [7, 11) is -3.48. The zero-order valence-corrected chi connectivity index (χ0v) is 16.8. The van der Waals surface area contributed by atoms with Gasteiger partial charge in [0.2, 0.25) is 0 Å². The Kier molecular flexibility index (Phi) is 4.68. The van der Waals surface area contributed by atoms with Crippen LogP contribution in [0, 0.1) is 0 Å². The van der Waals surface area contributed by atoms with E-state index in [1.165, 1.54) is 4.31 Å². The van der Waals surface area contributed by atoms with Crippen molar-refractivity contribution in [3.63, 3.8) is 0 Å². The maximum absolute atomic E-state index is 12.7. The van der Waals surface area contributed by atoms with Crippen LogP contribution in [-0.4, -0.2) is 43.9 Å². The number of sulfonamides is 1. The van der Waals surface area contributed by atoms with Gasteiger partial charge in [-0.2, -0.15) is 4.31 Å². The Bertz CT molecular complexity index is 1020. The lowest BCUT2D eigenvalue weighted by Crippen LogP contribution is -2.48. The van der Waals surface area contributed by atoms with Crippen LogP contribution in [0.3, 0.4) is 0 Å². The average molecular weight is 434 g/mol. The second-order valence-corrected chi connectivity index (χ2v) is 10.8. The summed E-state index contributed by atoms with van der Waals surface area (Å²) in [5, 5.41) is 1.51. The predicted molar refractivity (Wildman–Crippen MR) is 105 cm³/mol. The molecule has 0 saturated carbocycles. The highest BCUT2D eigenvalue weighted by Crippen LogP contribution is 2.34. The molecule has 1 aliphatic heterocycles. The van der Waals surface area contributed by atoms with Crippen molar-refractivity contribution in [1.29, 1.82) is 0 Å². The third-order valence-electron chi connectivity index (χ3n) is 4.01. The lowest BCUT2D eigenvalue weighted by molar-refractivity contribution is 0.386. The Morgan fingerprint density at radius 2 is 1.76 bits per heavy atom. The number of hydrogen-bond acceptors (Lipinski definition) is 6. The fraction of sp³-hybridized carbons (Fsp3) is 0.267. The van der Waals surface area contributed by atoms with Gasteiger partial charge in [-0.05, 0) is 24.3 Å². The normalized spacial score (nSPS) is 16.6. The summed E-state index contributed by atoms with van der Waals surface area (Å²) in [5.41, 5.74) is 0.799. The van der Waals surface area contributed by atoms with Crippen molar-refractivity contribution >= 4 is 71.2 Å². The predicted octanol–water partition coefficient (Wildman–Crippen LogP) is 4.18. The fourth-order valence-electron chi connectivity index (χ4n) is 2.72. The summed E-state index contributed by atoms with van der Waals surface area (Å²) in [6, 6.07) is 8.89. The van der Waals surface area contributed by atoms with Crippen LogP contribution in [0.25, 0.3) is 10.2 Å². The summed E-state index contributed by atoms with van der Waals surface area (Å²) in [6.45, 7) is 2.02. The van der Waals surface area contributed by atoms with Gasteiger partial charge in [0.1, 0.15) is 9.73 Å². The topological polar surface area (TPSA) is 53.5 Å². The summed E-state index contributed by atoms with van der Waals surface area (Å²) >= 11 is 14.7. The van der Waals surface area contributed by atoms with Crippen LogP contribution in [0.5, 0.6) is 0 Å². The Morgan fingerprint density at radius 3 is 2.40 bits per heavy atom. The first kappa shape index (κ1) is 17.5. The smallest absolute Gasteiger partial charge is 0.252 e. The zero-order valence-electron chi connectivity index (χ0n) is 12.9. The Labute approximate surface area is 163 Å². The Balaban J connectivity index is 1.52. The minimum atomic E-state index is -3.48. The van der Waals surface area contributed by atoms with E-state index in [1.807, 2.05) is 18.2 Å². The summed E-state index contributed by atoms with van der Waals surface area (Å²) in [4.78, 5) is 6.72. The summed E-state index contributed by atoms with van der Waals surface area (Å²) in [5.74, 6) is 0. The van der Waals surface area contributed by atoms with Gasteiger partial charge >= 0.3 is 0 Å². The van der Waals surface area contributed by atoms with E-state index in [1.54, 1.807) is 23.5 Å². The van der Waals surface area contributed by atoms with Gasteiger partial charge in [-0.1, -0.05) is 40.6 Å². The zero-order chi connectivity index (χ0) is 17.6.